The maximum Gasteiger partial charge on any atom is 0.236 e. The van der Waals surface area contributed by atoms with Gasteiger partial charge < -0.3 is 9.80 Å². The van der Waals surface area contributed by atoms with Gasteiger partial charge in [-0.25, -0.2) is 0 Å². The van der Waals surface area contributed by atoms with Crippen molar-refractivity contribution in [3.05, 3.63) is 0 Å². The highest BCUT2D eigenvalue weighted by atomic mass is 16.2. The lowest BCUT2D eigenvalue weighted by molar-refractivity contribution is -0.131. The molecule has 5 heteroatoms. The zero-order valence-corrected chi connectivity index (χ0v) is 11.5. The van der Waals surface area contributed by atoms with Gasteiger partial charge in [0.2, 0.25) is 5.91 Å². The molecule has 0 bridgehead atoms. The Balaban J connectivity index is 2.18. The molecule has 1 aliphatic rings. The minimum atomic E-state index is 0.150. The molecular formula is C13H24N4O. The minimum absolute atomic E-state index is 0.150. The number of carbonyl (C=O) groups is 1. The molecule has 0 unspecified atom stereocenters. The van der Waals surface area contributed by atoms with E-state index in [1.54, 1.807) is 0 Å². The Bertz CT molecular complexity index is 290. The van der Waals surface area contributed by atoms with E-state index in [1.807, 2.05) is 4.90 Å². The number of hydrogen-bond donors (Lipinski definition) is 1. The summed E-state index contributed by atoms with van der Waals surface area (Å²) >= 11 is 0. The topological polar surface area (TPSA) is 38.8 Å². The normalized spacial score (nSPS) is 16.9. The number of rotatable bonds is 6. The van der Waals surface area contributed by atoms with Crippen LogP contribution in [0.5, 0.6) is 0 Å². The Morgan fingerprint density at radius 3 is 2.56 bits per heavy atom. The van der Waals surface area contributed by atoms with E-state index >= 15 is 0 Å². The summed E-state index contributed by atoms with van der Waals surface area (Å²) in [6.07, 6.45) is 5.12. The highest BCUT2D eigenvalue weighted by Gasteiger charge is 2.20. The fraction of sp³-hybridized carbons (Fsp3) is 0.769. The van der Waals surface area contributed by atoms with Crippen molar-refractivity contribution in [2.75, 3.05) is 66.5 Å². The van der Waals surface area contributed by atoms with Crippen LogP contribution >= 0.6 is 0 Å². The van der Waals surface area contributed by atoms with Gasteiger partial charge in [-0.2, -0.15) is 0 Å². The second kappa shape index (κ2) is 8.09. The molecule has 1 N–H and O–H groups in total. The van der Waals surface area contributed by atoms with Crippen molar-refractivity contribution in [1.82, 2.24) is 20.0 Å². The smallest absolute Gasteiger partial charge is 0.236 e. The van der Waals surface area contributed by atoms with Crippen molar-refractivity contribution in [3.8, 4) is 12.3 Å². The predicted molar refractivity (Wildman–Crippen MR) is 73.3 cm³/mol. The van der Waals surface area contributed by atoms with E-state index in [4.69, 9.17) is 6.42 Å². The average molecular weight is 252 g/mol. The van der Waals surface area contributed by atoms with Crippen LogP contribution in [0.4, 0.5) is 0 Å². The van der Waals surface area contributed by atoms with Crippen LogP contribution in [0, 0.1) is 12.3 Å². The third kappa shape index (κ3) is 5.50. The van der Waals surface area contributed by atoms with E-state index in [0.29, 0.717) is 13.1 Å². The van der Waals surface area contributed by atoms with E-state index in [9.17, 15) is 4.79 Å². The molecule has 0 aromatic carbocycles. The number of likely N-dealkylation sites (N-methyl/N-ethyl adjacent to an activating group) is 1. The van der Waals surface area contributed by atoms with Crippen molar-refractivity contribution >= 4 is 5.91 Å². The number of amides is 1. The number of carbonyl (C=O) groups excluding carboxylic acids is 1. The molecule has 5 nitrogen and oxygen atoms in total. The Kier molecular flexibility index (Phi) is 6.73. The molecular weight excluding hydrogens is 228 g/mol. The highest BCUT2D eigenvalue weighted by Crippen LogP contribution is 2.01. The van der Waals surface area contributed by atoms with Gasteiger partial charge in [0.1, 0.15) is 0 Å². The number of nitrogens with one attached hydrogen (secondary N) is 1. The van der Waals surface area contributed by atoms with E-state index in [2.05, 4.69) is 35.1 Å². The number of piperazine rings is 1. The van der Waals surface area contributed by atoms with Crippen molar-refractivity contribution in [3.63, 3.8) is 0 Å². The van der Waals surface area contributed by atoms with E-state index in [0.717, 1.165) is 39.3 Å². The fourth-order valence-corrected chi connectivity index (χ4v) is 1.92. The summed E-state index contributed by atoms with van der Waals surface area (Å²) in [5.74, 6) is 2.62. The molecule has 102 valence electrons. The van der Waals surface area contributed by atoms with Crippen LogP contribution in [0.3, 0.4) is 0 Å². The monoisotopic (exact) mass is 252 g/mol. The number of terminal acetylenes is 1. The fourth-order valence-electron chi connectivity index (χ4n) is 1.92. The third-order valence-corrected chi connectivity index (χ3v) is 3.09. The maximum absolute atomic E-state index is 11.8. The lowest BCUT2D eigenvalue weighted by atomic mass is 10.3. The summed E-state index contributed by atoms with van der Waals surface area (Å²) in [7, 11) is 4.16. The first-order chi connectivity index (χ1) is 8.63. The standard InChI is InChI=1S/C13H24N4O/c1-4-5-14-12-13(18)17-10-8-16(9-11-17)7-6-15(2)3/h1,14H,5-12H2,2-3H3. The molecule has 0 radical (unpaired) electrons. The van der Waals surface area contributed by atoms with Gasteiger partial charge in [-0.1, -0.05) is 5.92 Å². The van der Waals surface area contributed by atoms with Crippen LogP contribution in [0.2, 0.25) is 0 Å². The molecule has 1 heterocycles. The SMILES string of the molecule is C#CCNCC(=O)N1CCN(CCN(C)C)CC1. The molecule has 1 fully saturated rings. The molecule has 0 aromatic heterocycles. The Labute approximate surface area is 110 Å². The second-order valence-electron chi connectivity index (χ2n) is 4.83. The second-order valence-corrected chi connectivity index (χ2v) is 4.83. The van der Waals surface area contributed by atoms with Crippen LogP contribution in [0.1, 0.15) is 0 Å². The third-order valence-electron chi connectivity index (χ3n) is 3.09. The summed E-state index contributed by atoms with van der Waals surface area (Å²) in [5.41, 5.74) is 0. The first kappa shape index (κ1) is 15.0. The van der Waals surface area contributed by atoms with Gasteiger partial charge in [-0.05, 0) is 14.1 Å². The molecule has 18 heavy (non-hydrogen) atoms. The first-order valence-corrected chi connectivity index (χ1v) is 6.42. The van der Waals surface area contributed by atoms with Crippen molar-refractivity contribution in [1.29, 1.82) is 0 Å². The molecule has 0 saturated carbocycles. The van der Waals surface area contributed by atoms with Gasteiger partial charge in [-0.3, -0.25) is 15.0 Å². The van der Waals surface area contributed by atoms with Crippen LogP contribution in [0.25, 0.3) is 0 Å². The molecule has 1 amide bonds. The van der Waals surface area contributed by atoms with E-state index in [-0.39, 0.29) is 5.91 Å². The van der Waals surface area contributed by atoms with Crippen LogP contribution in [-0.4, -0.2) is 87.1 Å². The van der Waals surface area contributed by atoms with Crippen molar-refractivity contribution < 1.29 is 4.79 Å². The van der Waals surface area contributed by atoms with Crippen LogP contribution < -0.4 is 5.32 Å². The summed E-state index contributed by atoms with van der Waals surface area (Å²) in [4.78, 5) is 18.3. The Morgan fingerprint density at radius 1 is 1.33 bits per heavy atom. The summed E-state index contributed by atoms with van der Waals surface area (Å²) in [6, 6.07) is 0. The molecule has 0 atom stereocenters. The summed E-state index contributed by atoms with van der Waals surface area (Å²) in [5, 5.41) is 2.94. The first-order valence-electron chi connectivity index (χ1n) is 6.42. The Hall–Kier alpha value is -1.09. The minimum Gasteiger partial charge on any atom is -0.339 e. The summed E-state index contributed by atoms with van der Waals surface area (Å²) in [6.45, 7) is 6.52. The molecule has 0 aromatic rings. The van der Waals surface area contributed by atoms with Gasteiger partial charge in [0, 0.05) is 39.3 Å². The van der Waals surface area contributed by atoms with Gasteiger partial charge in [0.05, 0.1) is 13.1 Å². The van der Waals surface area contributed by atoms with Crippen molar-refractivity contribution in [2.24, 2.45) is 0 Å². The zero-order valence-electron chi connectivity index (χ0n) is 11.5. The van der Waals surface area contributed by atoms with Gasteiger partial charge in [0.15, 0.2) is 0 Å². The molecule has 0 spiro atoms. The average Bonchev–Trinajstić information content (AvgIpc) is 2.37. The predicted octanol–water partition coefficient (Wildman–Crippen LogP) is -1.08. The zero-order chi connectivity index (χ0) is 13.4. The quantitative estimate of drug-likeness (QED) is 0.482. The Morgan fingerprint density at radius 2 is 2.00 bits per heavy atom. The lowest BCUT2D eigenvalue weighted by Gasteiger charge is -2.35. The van der Waals surface area contributed by atoms with Gasteiger partial charge in [-0.15, -0.1) is 6.42 Å². The lowest BCUT2D eigenvalue weighted by Crippen LogP contribution is -2.51. The molecule has 1 saturated heterocycles. The summed E-state index contributed by atoms with van der Waals surface area (Å²) < 4.78 is 0. The van der Waals surface area contributed by atoms with E-state index in [1.165, 1.54) is 0 Å². The number of hydrogen-bond acceptors (Lipinski definition) is 4. The van der Waals surface area contributed by atoms with Crippen LogP contribution in [0.15, 0.2) is 0 Å². The molecule has 1 aliphatic heterocycles. The molecule has 0 aliphatic carbocycles. The van der Waals surface area contributed by atoms with Crippen LogP contribution in [-0.2, 0) is 4.79 Å². The number of nitrogens with zero attached hydrogens (tertiary/aromatic N) is 3. The maximum atomic E-state index is 11.8. The van der Waals surface area contributed by atoms with Gasteiger partial charge >= 0.3 is 0 Å². The molecule has 1 rings (SSSR count). The van der Waals surface area contributed by atoms with E-state index < -0.39 is 0 Å². The largest absolute Gasteiger partial charge is 0.339 e. The highest BCUT2D eigenvalue weighted by molar-refractivity contribution is 5.78. The van der Waals surface area contributed by atoms with Crippen molar-refractivity contribution in [2.45, 2.75) is 0 Å². The van der Waals surface area contributed by atoms with Gasteiger partial charge in [0.25, 0.3) is 0 Å².